The molecule has 0 aromatic carbocycles. The summed E-state index contributed by atoms with van der Waals surface area (Å²) >= 11 is 10.5. The summed E-state index contributed by atoms with van der Waals surface area (Å²) in [5, 5.41) is 0.863. The molecule has 0 saturated carbocycles. The van der Waals surface area contributed by atoms with Gasteiger partial charge < -0.3 is 4.40 Å². The van der Waals surface area contributed by atoms with E-state index in [0.29, 0.717) is 0 Å². The van der Waals surface area contributed by atoms with Gasteiger partial charge in [-0.3, -0.25) is 0 Å². The molecule has 0 saturated heterocycles. The smallest absolute Gasteiger partial charge is 0.0693 e. The van der Waals surface area contributed by atoms with Crippen molar-refractivity contribution in [1.82, 2.24) is 4.40 Å². The highest BCUT2D eigenvalue weighted by molar-refractivity contribution is 7.80. The second-order valence-electron chi connectivity index (χ2n) is 3.32. The van der Waals surface area contributed by atoms with Crippen molar-refractivity contribution >= 4 is 29.7 Å². The Morgan fingerprint density at radius 1 is 1.43 bits per heavy atom. The van der Waals surface area contributed by atoms with E-state index >= 15 is 0 Å². The standard InChI is InChI=1S/C11H12ClNS/c1-8-9(5-7-14)13-6-3-2-4-10(13)11(8)12/h2-4,6,14H,5,7H2,1H3. The van der Waals surface area contributed by atoms with E-state index in [1.165, 1.54) is 11.3 Å². The highest BCUT2D eigenvalue weighted by Crippen LogP contribution is 2.27. The molecule has 2 aromatic rings. The number of hydrogen-bond donors (Lipinski definition) is 1. The van der Waals surface area contributed by atoms with Crippen molar-refractivity contribution in [3.05, 3.63) is 40.7 Å². The lowest BCUT2D eigenvalue weighted by Crippen LogP contribution is -1.94. The lowest BCUT2D eigenvalue weighted by molar-refractivity contribution is 0.990. The maximum atomic E-state index is 6.24. The van der Waals surface area contributed by atoms with E-state index in [9.17, 15) is 0 Å². The van der Waals surface area contributed by atoms with Gasteiger partial charge in [0.1, 0.15) is 0 Å². The molecule has 0 fully saturated rings. The Balaban J connectivity index is 2.74. The van der Waals surface area contributed by atoms with Crippen LogP contribution in [0.2, 0.25) is 5.02 Å². The predicted octanol–water partition coefficient (Wildman–Crippen LogP) is 3.37. The van der Waals surface area contributed by atoms with Crippen molar-refractivity contribution in [2.24, 2.45) is 0 Å². The van der Waals surface area contributed by atoms with Crippen LogP contribution in [-0.4, -0.2) is 10.2 Å². The summed E-state index contributed by atoms with van der Waals surface area (Å²) in [5.74, 6) is 0.845. The average Bonchev–Trinajstić information content (AvgIpc) is 2.45. The zero-order valence-corrected chi connectivity index (χ0v) is 9.65. The first-order valence-corrected chi connectivity index (χ1v) is 5.61. The molecular formula is C11H12ClNS. The quantitative estimate of drug-likeness (QED) is 0.748. The molecule has 0 spiro atoms. The van der Waals surface area contributed by atoms with Crippen molar-refractivity contribution in [2.45, 2.75) is 13.3 Å². The van der Waals surface area contributed by atoms with Gasteiger partial charge in [-0.2, -0.15) is 12.6 Å². The van der Waals surface area contributed by atoms with Gasteiger partial charge in [0.2, 0.25) is 0 Å². The summed E-state index contributed by atoms with van der Waals surface area (Å²) in [5.41, 5.74) is 3.52. The first-order chi connectivity index (χ1) is 6.75. The van der Waals surface area contributed by atoms with E-state index in [1.807, 2.05) is 24.4 Å². The molecule has 0 radical (unpaired) electrons. The molecule has 0 unspecified atom stereocenters. The number of thiol groups is 1. The topological polar surface area (TPSA) is 4.41 Å². The SMILES string of the molecule is Cc1c(Cl)c2ccccn2c1CCS. The number of aryl methyl sites for hydroxylation is 1. The van der Waals surface area contributed by atoms with Crippen molar-refractivity contribution in [1.29, 1.82) is 0 Å². The number of nitrogens with zero attached hydrogens (tertiary/aromatic N) is 1. The molecule has 3 heteroatoms. The minimum Gasteiger partial charge on any atom is -0.319 e. The summed E-state index contributed by atoms with van der Waals surface area (Å²) in [6.07, 6.45) is 3.00. The van der Waals surface area contributed by atoms with Gasteiger partial charge in [0.05, 0.1) is 10.5 Å². The van der Waals surface area contributed by atoms with Gasteiger partial charge >= 0.3 is 0 Å². The molecule has 0 aliphatic rings. The van der Waals surface area contributed by atoms with Crippen LogP contribution in [0.5, 0.6) is 0 Å². The maximum absolute atomic E-state index is 6.24. The largest absolute Gasteiger partial charge is 0.319 e. The Hall–Kier alpha value is -0.600. The Morgan fingerprint density at radius 3 is 2.93 bits per heavy atom. The van der Waals surface area contributed by atoms with E-state index in [-0.39, 0.29) is 0 Å². The van der Waals surface area contributed by atoms with Crippen LogP contribution in [-0.2, 0) is 6.42 Å². The lowest BCUT2D eigenvalue weighted by atomic mass is 10.2. The van der Waals surface area contributed by atoms with Gasteiger partial charge in [-0.05, 0) is 36.8 Å². The number of aromatic nitrogens is 1. The molecule has 2 aromatic heterocycles. The fraction of sp³-hybridized carbons (Fsp3) is 0.273. The summed E-state index contributed by atoms with van der Waals surface area (Å²) in [6, 6.07) is 6.06. The van der Waals surface area contributed by atoms with Crippen molar-refractivity contribution < 1.29 is 0 Å². The number of rotatable bonds is 2. The third-order valence-corrected chi connectivity index (χ3v) is 3.19. The second kappa shape index (κ2) is 3.87. The molecule has 2 heterocycles. The van der Waals surface area contributed by atoms with Crippen LogP contribution >= 0.6 is 24.2 Å². The third kappa shape index (κ3) is 1.43. The van der Waals surface area contributed by atoms with Crippen LogP contribution in [0.1, 0.15) is 11.3 Å². The van der Waals surface area contributed by atoms with E-state index in [2.05, 4.69) is 24.0 Å². The zero-order valence-electron chi connectivity index (χ0n) is 8.00. The Morgan fingerprint density at radius 2 is 2.21 bits per heavy atom. The Kier molecular flexibility index (Phi) is 2.75. The monoisotopic (exact) mass is 225 g/mol. The molecular weight excluding hydrogens is 214 g/mol. The van der Waals surface area contributed by atoms with Crippen molar-refractivity contribution in [3.63, 3.8) is 0 Å². The van der Waals surface area contributed by atoms with E-state index in [0.717, 1.165) is 22.7 Å². The summed E-state index contributed by atoms with van der Waals surface area (Å²) < 4.78 is 2.15. The summed E-state index contributed by atoms with van der Waals surface area (Å²) in [7, 11) is 0. The first kappa shape index (κ1) is 9.94. The highest BCUT2D eigenvalue weighted by Gasteiger charge is 2.11. The molecule has 0 amide bonds. The van der Waals surface area contributed by atoms with Gasteiger partial charge in [0.15, 0.2) is 0 Å². The Bertz CT molecular complexity index is 462. The van der Waals surface area contributed by atoms with Crippen LogP contribution in [0.4, 0.5) is 0 Å². The van der Waals surface area contributed by atoms with Crippen molar-refractivity contribution in [3.8, 4) is 0 Å². The molecule has 0 N–H and O–H groups in total. The third-order valence-electron chi connectivity index (χ3n) is 2.49. The fourth-order valence-corrected chi connectivity index (χ4v) is 2.25. The van der Waals surface area contributed by atoms with Gasteiger partial charge in [0, 0.05) is 11.9 Å². The van der Waals surface area contributed by atoms with E-state index in [1.54, 1.807) is 0 Å². The van der Waals surface area contributed by atoms with Crippen LogP contribution in [0.25, 0.3) is 5.52 Å². The molecule has 14 heavy (non-hydrogen) atoms. The Labute approximate surface area is 94.1 Å². The number of halogens is 1. The number of pyridine rings is 1. The molecule has 0 aliphatic carbocycles. The molecule has 2 rings (SSSR count). The molecule has 0 bridgehead atoms. The summed E-state index contributed by atoms with van der Waals surface area (Å²) in [6.45, 7) is 2.06. The van der Waals surface area contributed by atoms with Crippen LogP contribution < -0.4 is 0 Å². The number of fused-ring (bicyclic) bond motifs is 1. The normalized spacial score (nSPS) is 11.1. The molecule has 74 valence electrons. The van der Waals surface area contributed by atoms with Gasteiger partial charge in [-0.25, -0.2) is 0 Å². The second-order valence-corrected chi connectivity index (χ2v) is 4.14. The highest BCUT2D eigenvalue weighted by atomic mass is 35.5. The lowest BCUT2D eigenvalue weighted by Gasteiger charge is -2.00. The van der Waals surface area contributed by atoms with Gasteiger partial charge in [0.25, 0.3) is 0 Å². The predicted molar refractivity (Wildman–Crippen MR) is 64.7 cm³/mol. The minimum atomic E-state index is 0.845. The van der Waals surface area contributed by atoms with Gasteiger partial charge in [-0.1, -0.05) is 17.7 Å². The van der Waals surface area contributed by atoms with E-state index in [4.69, 9.17) is 11.6 Å². The summed E-state index contributed by atoms with van der Waals surface area (Å²) in [4.78, 5) is 0. The first-order valence-electron chi connectivity index (χ1n) is 4.60. The number of hydrogen-bond acceptors (Lipinski definition) is 1. The molecule has 0 atom stereocenters. The maximum Gasteiger partial charge on any atom is 0.0693 e. The average molecular weight is 226 g/mol. The van der Waals surface area contributed by atoms with Crippen LogP contribution in [0.3, 0.4) is 0 Å². The molecule has 1 nitrogen and oxygen atoms in total. The van der Waals surface area contributed by atoms with E-state index < -0.39 is 0 Å². The zero-order chi connectivity index (χ0) is 10.1. The fourth-order valence-electron chi connectivity index (χ4n) is 1.77. The van der Waals surface area contributed by atoms with Crippen molar-refractivity contribution in [2.75, 3.05) is 5.75 Å². The van der Waals surface area contributed by atoms with Crippen LogP contribution in [0.15, 0.2) is 24.4 Å². The van der Waals surface area contributed by atoms with Gasteiger partial charge in [-0.15, -0.1) is 0 Å². The minimum absolute atomic E-state index is 0.845. The van der Waals surface area contributed by atoms with Crippen LogP contribution in [0, 0.1) is 6.92 Å². The molecule has 0 aliphatic heterocycles.